The monoisotopic (exact) mass is 407 g/mol. The van der Waals surface area contributed by atoms with Crippen LogP contribution in [0.1, 0.15) is 11.1 Å². The zero-order chi connectivity index (χ0) is 20.2. The van der Waals surface area contributed by atoms with Gasteiger partial charge in [0.15, 0.2) is 11.5 Å². The van der Waals surface area contributed by atoms with Gasteiger partial charge in [-0.3, -0.25) is 4.79 Å². The number of aryl methyl sites for hydroxylation is 1. The van der Waals surface area contributed by atoms with Crippen LogP contribution in [0, 0.1) is 12.7 Å². The molecule has 0 radical (unpaired) electrons. The van der Waals surface area contributed by atoms with Crippen molar-refractivity contribution in [3.63, 3.8) is 0 Å². The van der Waals surface area contributed by atoms with Crippen molar-refractivity contribution in [3.05, 3.63) is 77.6 Å². The molecule has 6 nitrogen and oxygen atoms in total. The number of hydrogen-bond donors (Lipinski definition) is 1. The summed E-state index contributed by atoms with van der Waals surface area (Å²) in [5.74, 6) is 0.382. The van der Waals surface area contributed by atoms with E-state index in [1.54, 1.807) is 28.8 Å². The van der Waals surface area contributed by atoms with E-state index in [-0.39, 0.29) is 17.5 Å². The Morgan fingerprint density at radius 1 is 1.03 bits per heavy atom. The summed E-state index contributed by atoms with van der Waals surface area (Å²) in [7, 11) is 0. The average Bonchev–Trinajstić information content (AvgIpc) is 3.15. The number of carbonyl (C=O) groups excluding carboxylic acids is 1. The van der Waals surface area contributed by atoms with Gasteiger partial charge in [-0.1, -0.05) is 41.6 Å². The lowest BCUT2D eigenvalue weighted by Crippen LogP contribution is -2.24. The summed E-state index contributed by atoms with van der Waals surface area (Å²) in [4.78, 5) is 12.2. The molecule has 8 heteroatoms. The van der Waals surface area contributed by atoms with Gasteiger partial charge in [-0.25, -0.2) is 4.39 Å². The first-order valence-electron chi connectivity index (χ1n) is 9.02. The van der Waals surface area contributed by atoms with Crippen molar-refractivity contribution in [2.75, 3.05) is 5.75 Å². The van der Waals surface area contributed by atoms with Crippen molar-refractivity contribution < 1.29 is 9.18 Å². The van der Waals surface area contributed by atoms with E-state index < -0.39 is 0 Å². The smallest absolute Gasteiger partial charge is 0.230 e. The molecule has 0 unspecified atom stereocenters. The molecular weight excluding hydrogens is 389 g/mol. The van der Waals surface area contributed by atoms with E-state index in [1.807, 2.05) is 31.2 Å². The molecule has 0 atom stereocenters. The lowest BCUT2D eigenvalue weighted by Gasteiger charge is -2.06. The van der Waals surface area contributed by atoms with E-state index in [0.717, 1.165) is 5.56 Å². The Balaban J connectivity index is 1.41. The lowest BCUT2D eigenvalue weighted by atomic mass is 10.1. The predicted octanol–water partition coefficient (Wildman–Crippen LogP) is 3.65. The number of amides is 1. The van der Waals surface area contributed by atoms with E-state index in [4.69, 9.17) is 0 Å². The first kappa shape index (κ1) is 19.1. The van der Waals surface area contributed by atoms with E-state index in [9.17, 15) is 9.18 Å². The van der Waals surface area contributed by atoms with E-state index in [2.05, 4.69) is 20.6 Å². The Morgan fingerprint density at radius 3 is 2.55 bits per heavy atom. The van der Waals surface area contributed by atoms with Crippen LogP contribution in [0.25, 0.3) is 17.0 Å². The van der Waals surface area contributed by atoms with Gasteiger partial charge >= 0.3 is 0 Å². The number of carbonyl (C=O) groups is 1. The van der Waals surface area contributed by atoms with Crippen LogP contribution >= 0.6 is 11.8 Å². The zero-order valence-electron chi connectivity index (χ0n) is 15.7. The van der Waals surface area contributed by atoms with Crippen LogP contribution in [-0.2, 0) is 11.3 Å². The minimum atomic E-state index is -0.316. The molecule has 0 aliphatic rings. The average molecular weight is 407 g/mol. The molecule has 0 fully saturated rings. The van der Waals surface area contributed by atoms with E-state index in [0.29, 0.717) is 28.6 Å². The molecular formula is C21H18FN5OS. The Labute approximate surface area is 171 Å². The predicted molar refractivity (Wildman–Crippen MR) is 110 cm³/mol. The molecule has 1 amide bonds. The molecule has 0 saturated heterocycles. The van der Waals surface area contributed by atoms with Crippen LogP contribution in [0.15, 0.2) is 65.7 Å². The van der Waals surface area contributed by atoms with Gasteiger partial charge in [0.25, 0.3) is 0 Å². The van der Waals surface area contributed by atoms with Crippen molar-refractivity contribution >= 4 is 23.3 Å². The second-order valence-corrected chi connectivity index (χ2v) is 7.52. The summed E-state index contributed by atoms with van der Waals surface area (Å²) in [5.41, 5.74) is 3.54. The topological polar surface area (TPSA) is 72.2 Å². The molecule has 2 aromatic carbocycles. The van der Waals surface area contributed by atoms with Gasteiger partial charge in [-0.05, 0) is 48.9 Å². The molecule has 0 spiro atoms. The quantitative estimate of drug-likeness (QED) is 0.494. The Hall–Kier alpha value is -3.26. The Kier molecular flexibility index (Phi) is 5.53. The second-order valence-electron chi connectivity index (χ2n) is 6.52. The number of benzene rings is 2. The number of nitrogens with one attached hydrogen (secondary N) is 1. The number of rotatable bonds is 6. The van der Waals surface area contributed by atoms with Gasteiger partial charge in [0.2, 0.25) is 5.91 Å². The number of fused-ring (bicyclic) bond motifs is 1. The molecule has 146 valence electrons. The highest BCUT2D eigenvalue weighted by molar-refractivity contribution is 7.99. The summed E-state index contributed by atoms with van der Waals surface area (Å²) in [5, 5.41) is 16.3. The Bertz CT molecular complexity index is 1140. The fourth-order valence-corrected chi connectivity index (χ4v) is 3.41. The molecule has 4 aromatic rings. The summed E-state index contributed by atoms with van der Waals surface area (Å²) in [6, 6.07) is 17.6. The third kappa shape index (κ3) is 4.60. The van der Waals surface area contributed by atoms with Crippen LogP contribution in [0.5, 0.6) is 0 Å². The normalized spacial score (nSPS) is 11.0. The van der Waals surface area contributed by atoms with Gasteiger partial charge in [-0.2, -0.15) is 9.61 Å². The zero-order valence-corrected chi connectivity index (χ0v) is 16.5. The number of hydrogen-bond acceptors (Lipinski definition) is 5. The fraction of sp³-hybridized carbons (Fsp3) is 0.143. The first-order chi connectivity index (χ1) is 14.1. The maximum atomic E-state index is 13.2. The maximum absolute atomic E-state index is 13.2. The molecule has 2 heterocycles. The highest BCUT2D eigenvalue weighted by Gasteiger charge is 2.11. The van der Waals surface area contributed by atoms with Crippen molar-refractivity contribution in [2.24, 2.45) is 0 Å². The number of nitrogens with zero attached hydrogens (tertiary/aromatic N) is 4. The van der Waals surface area contributed by atoms with Gasteiger partial charge in [0.1, 0.15) is 10.8 Å². The van der Waals surface area contributed by atoms with Gasteiger partial charge in [0.05, 0.1) is 5.75 Å². The molecule has 29 heavy (non-hydrogen) atoms. The van der Waals surface area contributed by atoms with Crippen LogP contribution in [-0.4, -0.2) is 31.5 Å². The largest absolute Gasteiger partial charge is 0.351 e. The summed E-state index contributed by atoms with van der Waals surface area (Å²) in [6.07, 6.45) is 0. The van der Waals surface area contributed by atoms with Crippen molar-refractivity contribution in [3.8, 4) is 11.4 Å². The molecule has 0 saturated carbocycles. The van der Waals surface area contributed by atoms with Crippen LogP contribution in [0.3, 0.4) is 0 Å². The number of halogens is 1. The third-order valence-electron chi connectivity index (χ3n) is 4.30. The highest BCUT2D eigenvalue weighted by atomic mass is 32.2. The van der Waals surface area contributed by atoms with E-state index in [1.165, 1.54) is 29.5 Å². The lowest BCUT2D eigenvalue weighted by molar-refractivity contribution is -0.118. The van der Waals surface area contributed by atoms with E-state index >= 15 is 0 Å². The van der Waals surface area contributed by atoms with Crippen molar-refractivity contribution in [2.45, 2.75) is 18.5 Å². The molecule has 1 N–H and O–H groups in total. The molecule has 4 rings (SSSR count). The van der Waals surface area contributed by atoms with Gasteiger partial charge < -0.3 is 5.32 Å². The van der Waals surface area contributed by atoms with Crippen molar-refractivity contribution in [1.29, 1.82) is 0 Å². The Morgan fingerprint density at radius 2 is 1.79 bits per heavy atom. The molecule has 0 bridgehead atoms. The SMILES string of the molecule is Cc1ccc(CNC(=O)CSc2ccc3nnc(-c4ccc(F)cc4)n3n2)cc1. The molecule has 0 aliphatic carbocycles. The van der Waals surface area contributed by atoms with Crippen LogP contribution in [0.4, 0.5) is 4.39 Å². The minimum Gasteiger partial charge on any atom is -0.351 e. The highest BCUT2D eigenvalue weighted by Crippen LogP contribution is 2.21. The fourth-order valence-electron chi connectivity index (χ4n) is 2.73. The molecule has 2 aromatic heterocycles. The minimum absolute atomic E-state index is 0.0695. The first-order valence-corrected chi connectivity index (χ1v) is 10.0. The van der Waals surface area contributed by atoms with Gasteiger partial charge in [-0.15, -0.1) is 10.2 Å². The number of aromatic nitrogens is 4. The standard InChI is InChI=1S/C21H18FN5OS/c1-14-2-4-15(5-3-14)12-23-19(28)13-29-20-11-10-18-24-25-21(27(18)26-20)16-6-8-17(22)9-7-16/h2-11H,12-13H2,1H3,(H,23,28). The maximum Gasteiger partial charge on any atom is 0.230 e. The number of thioether (sulfide) groups is 1. The van der Waals surface area contributed by atoms with Gasteiger partial charge in [0, 0.05) is 12.1 Å². The second kappa shape index (κ2) is 8.40. The summed E-state index contributed by atoms with van der Waals surface area (Å²) in [6.45, 7) is 2.52. The molecule has 0 aliphatic heterocycles. The van der Waals surface area contributed by atoms with Crippen LogP contribution in [0.2, 0.25) is 0 Å². The van der Waals surface area contributed by atoms with Crippen LogP contribution < -0.4 is 5.32 Å². The summed E-state index contributed by atoms with van der Waals surface area (Å²) < 4.78 is 14.8. The van der Waals surface area contributed by atoms with Crippen molar-refractivity contribution in [1.82, 2.24) is 25.1 Å². The third-order valence-corrected chi connectivity index (χ3v) is 5.22. The summed E-state index contributed by atoms with van der Waals surface area (Å²) >= 11 is 1.33.